The highest BCUT2D eigenvalue weighted by molar-refractivity contribution is 9.11. The highest BCUT2D eigenvalue weighted by Crippen LogP contribution is 2.38. The summed E-state index contributed by atoms with van der Waals surface area (Å²) >= 11 is 6.59. The number of nitrogens with zero attached hydrogens (tertiary/aromatic N) is 2. The zero-order valence-electron chi connectivity index (χ0n) is 10.7. The van der Waals surface area contributed by atoms with Crippen molar-refractivity contribution >= 4 is 37.8 Å². The number of benzene rings is 1. The van der Waals surface area contributed by atoms with E-state index in [2.05, 4.69) is 42.0 Å². The molecule has 0 atom stereocenters. The van der Waals surface area contributed by atoms with Crippen molar-refractivity contribution in [1.29, 1.82) is 0 Å². The van der Waals surface area contributed by atoms with Crippen LogP contribution in [0.2, 0.25) is 0 Å². The molecule has 21 heavy (non-hydrogen) atoms. The molecule has 1 N–H and O–H groups in total. The molecule has 1 fully saturated rings. The standard InChI is InChI=1S/C13H10Br2N2O4/c14-8-3-7(13(18)19)4-9(15)11(8)20-5-10-16-12(17-21-10)6-1-2-6/h3-4,6H,1-2,5H2,(H,18,19). The highest BCUT2D eigenvalue weighted by atomic mass is 79.9. The number of hydrogen-bond donors (Lipinski definition) is 1. The maximum Gasteiger partial charge on any atom is 0.335 e. The molecule has 0 saturated heterocycles. The minimum Gasteiger partial charge on any atom is -0.481 e. The fourth-order valence-corrected chi connectivity index (χ4v) is 3.20. The molecule has 2 aromatic rings. The molecule has 1 aromatic carbocycles. The Kier molecular flexibility index (Phi) is 3.99. The number of halogens is 2. The Hall–Kier alpha value is -1.41. The Labute approximate surface area is 136 Å². The lowest BCUT2D eigenvalue weighted by molar-refractivity contribution is 0.0696. The molecular formula is C13H10Br2N2O4. The molecule has 0 aliphatic heterocycles. The zero-order chi connectivity index (χ0) is 15.0. The van der Waals surface area contributed by atoms with E-state index in [1.54, 1.807) is 0 Å². The van der Waals surface area contributed by atoms with E-state index in [-0.39, 0.29) is 12.2 Å². The van der Waals surface area contributed by atoms with Crippen LogP contribution in [0, 0.1) is 0 Å². The number of hydrogen-bond acceptors (Lipinski definition) is 5. The molecule has 0 spiro atoms. The summed E-state index contributed by atoms with van der Waals surface area (Å²) in [6, 6.07) is 2.96. The number of carbonyl (C=O) groups is 1. The summed E-state index contributed by atoms with van der Waals surface area (Å²) in [5, 5.41) is 12.9. The lowest BCUT2D eigenvalue weighted by Gasteiger charge is -2.09. The molecule has 6 nitrogen and oxygen atoms in total. The van der Waals surface area contributed by atoms with Crippen molar-refractivity contribution in [2.24, 2.45) is 0 Å². The second kappa shape index (κ2) is 5.76. The molecule has 1 saturated carbocycles. The van der Waals surface area contributed by atoms with Crippen molar-refractivity contribution < 1.29 is 19.2 Å². The Bertz CT molecular complexity index is 674. The van der Waals surface area contributed by atoms with Gasteiger partial charge in [0.1, 0.15) is 5.75 Å². The van der Waals surface area contributed by atoms with Crippen molar-refractivity contribution in [2.75, 3.05) is 0 Å². The Morgan fingerprint density at radius 1 is 1.38 bits per heavy atom. The third-order valence-electron chi connectivity index (χ3n) is 3.01. The fraction of sp³-hybridized carbons (Fsp3) is 0.308. The molecule has 110 valence electrons. The maximum atomic E-state index is 11.0. The molecule has 3 rings (SSSR count). The predicted molar refractivity (Wildman–Crippen MR) is 79.4 cm³/mol. The normalized spacial score (nSPS) is 14.2. The number of aromatic nitrogens is 2. The first-order valence-electron chi connectivity index (χ1n) is 6.22. The molecular weight excluding hydrogens is 408 g/mol. The van der Waals surface area contributed by atoms with Crippen LogP contribution in [0.5, 0.6) is 5.75 Å². The van der Waals surface area contributed by atoms with Crippen LogP contribution in [0.1, 0.15) is 40.8 Å². The third-order valence-corrected chi connectivity index (χ3v) is 4.19. The number of rotatable bonds is 5. The molecule has 1 heterocycles. The van der Waals surface area contributed by atoms with Gasteiger partial charge in [0.05, 0.1) is 14.5 Å². The van der Waals surface area contributed by atoms with Gasteiger partial charge in [-0.2, -0.15) is 4.98 Å². The topological polar surface area (TPSA) is 85.5 Å². The zero-order valence-corrected chi connectivity index (χ0v) is 13.8. The number of ether oxygens (including phenoxy) is 1. The van der Waals surface area contributed by atoms with E-state index in [4.69, 9.17) is 14.4 Å². The summed E-state index contributed by atoms with van der Waals surface area (Å²) in [6.45, 7) is 0.128. The summed E-state index contributed by atoms with van der Waals surface area (Å²) in [5.74, 6) is 1.04. The maximum absolute atomic E-state index is 11.0. The van der Waals surface area contributed by atoms with Crippen LogP contribution in [0.3, 0.4) is 0 Å². The second-order valence-corrected chi connectivity index (χ2v) is 6.39. The van der Waals surface area contributed by atoms with E-state index in [1.165, 1.54) is 12.1 Å². The van der Waals surface area contributed by atoms with E-state index in [9.17, 15) is 4.79 Å². The predicted octanol–water partition coefficient (Wildman–Crippen LogP) is 3.75. The van der Waals surface area contributed by atoms with Gasteiger partial charge in [0.25, 0.3) is 5.89 Å². The van der Waals surface area contributed by atoms with Gasteiger partial charge in [-0.1, -0.05) is 5.16 Å². The monoisotopic (exact) mass is 416 g/mol. The molecule has 1 aliphatic carbocycles. The van der Waals surface area contributed by atoms with Crippen LogP contribution in [0.4, 0.5) is 0 Å². The molecule has 8 heteroatoms. The molecule has 1 aromatic heterocycles. The van der Waals surface area contributed by atoms with Gasteiger partial charge in [-0.25, -0.2) is 4.79 Å². The smallest absolute Gasteiger partial charge is 0.335 e. The molecule has 0 radical (unpaired) electrons. The summed E-state index contributed by atoms with van der Waals surface area (Å²) in [6.07, 6.45) is 2.21. The second-order valence-electron chi connectivity index (χ2n) is 4.68. The lowest BCUT2D eigenvalue weighted by Crippen LogP contribution is -2.01. The van der Waals surface area contributed by atoms with Crippen molar-refractivity contribution in [3.63, 3.8) is 0 Å². The first-order chi connectivity index (χ1) is 10.0. The van der Waals surface area contributed by atoms with Crippen molar-refractivity contribution in [2.45, 2.75) is 25.4 Å². The van der Waals surface area contributed by atoms with Gasteiger partial charge < -0.3 is 14.4 Å². The third kappa shape index (κ3) is 3.26. The summed E-state index contributed by atoms with van der Waals surface area (Å²) in [7, 11) is 0. The minimum absolute atomic E-state index is 0.128. The minimum atomic E-state index is -1.01. The van der Waals surface area contributed by atoms with Crippen molar-refractivity contribution in [1.82, 2.24) is 10.1 Å². The Morgan fingerprint density at radius 2 is 2.05 bits per heavy atom. The first-order valence-corrected chi connectivity index (χ1v) is 7.81. The van der Waals surface area contributed by atoms with Gasteiger partial charge >= 0.3 is 5.97 Å². The molecule has 1 aliphatic rings. The van der Waals surface area contributed by atoms with Crippen LogP contribution < -0.4 is 4.74 Å². The van der Waals surface area contributed by atoms with E-state index >= 15 is 0 Å². The number of aromatic carboxylic acids is 1. The van der Waals surface area contributed by atoms with Crippen LogP contribution in [-0.4, -0.2) is 21.2 Å². The summed E-state index contributed by atoms with van der Waals surface area (Å²) in [4.78, 5) is 15.2. The Morgan fingerprint density at radius 3 is 2.62 bits per heavy atom. The SMILES string of the molecule is O=C(O)c1cc(Br)c(OCc2nc(C3CC3)no2)c(Br)c1. The largest absolute Gasteiger partial charge is 0.481 e. The lowest BCUT2D eigenvalue weighted by atomic mass is 10.2. The molecule has 0 amide bonds. The van der Waals surface area contributed by atoms with E-state index in [0.717, 1.165) is 18.7 Å². The summed E-state index contributed by atoms with van der Waals surface area (Å²) in [5.41, 5.74) is 0.162. The average Bonchev–Trinajstić information content (AvgIpc) is 3.17. The summed E-state index contributed by atoms with van der Waals surface area (Å²) < 4.78 is 11.8. The first kappa shape index (κ1) is 14.5. The van der Waals surface area contributed by atoms with Gasteiger partial charge in [0.2, 0.25) is 0 Å². The number of carboxylic acids is 1. The molecule has 0 bridgehead atoms. The van der Waals surface area contributed by atoms with Gasteiger partial charge in [-0.05, 0) is 56.8 Å². The Balaban J connectivity index is 1.73. The van der Waals surface area contributed by atoms with Crippen LogP contribution in [0.15, 0.2) is 25.6 Å². The van der Waals surface area contributed by atoms with Crippen molar-refractivity contribution in [3.8, 4) is 5.75 Å². The quantitative estimate of drug-likeness (QED) is 0.797. The van der Waals surface area contributed by atoms with Crippen LogP contribution in [-0.2, 0) is 6.61 Å². The van der Waals surface area contributed by atoms with Crippen LogP contribution >= 0.6 is 31.9 Å². The number of carboxylic acid groups (broad SMARTS) is 1. The van der Waals surface area contributed by atoms with Crippen molar-refractivity contribution in [3.05, 3.63) is 38.4 Å². The highest BCUT2D eigenvalue weighted by Gasteiger charge is 2.28. The van der Waals surface area contributed by atoms with Crippen LogP contribution in [0.25, 0.3) is 0 Å². The van der Waals surface area contributed by atoms with E-state index in [1.807, 2.05) is 0 Å². The van der Waals surface area contributed by atoms with Gasteiger partial charge in [-0.15, -0.1) is 0 Å². The fourth-order valence-electron chi connectivity index (χ4n) is 1.79. The van der Waals surface area contributed by atoms with Gasteiger partial charge in [0, 0.05) is 5.92 Å². The van der Waals surface area contributed by atoms with Gasteiger partial charge in [0.15, 0.2) is 12.4 Å². The van der Waals surface area contributed by atoms with Gasteiger partial charge in [-0.3, -0.25) is 0 Å². The average molecular weight is 418 g/mol. The van der Waals surface area contributed by atoms with E-state index in [0.29, 0.717) is 26.5 Å². The van der Waals surface area contributed by atoms with E-state index < -0.39 is 5.97 Å². The molecule has 0 unspecified atom stereocenters.